The molecule has 3 N–H and O–H groups in total. The van der Waals surface area contributed by atoms with Crippen molar-refractivity contribution in [3.8, 4) is 22.5 Å². The Bertz CT molecular complexity index is 1670. The van der Waals surface area contributed by atoms with E-state index < -0.39 is 0 Å². The number of piperazine rings is 1. The molecule has 1 amide bonds. The largest absolute Gasteiger partial charge is 0.324 e. The standard InChI is InChI=1S/C33H32N8O/c1-23-5-10-28(38-32(42)25-8-6-24(7-9-25)22-41-16-14-34-15-17-41)19-31(23)40-33-37-13-11-30(39-33)27-18-26(20-35-21-27)29-4-2-3-12-36-29/h2-13,18-21,34H,14-17,22H2,1H3,(H,38,42)(H,37,39,40). The van der Waals surface area contributed by atoms with Gasteiger partial charge in [-0.2, -0.15) is 0 Å². The van der Waals surface area contributed by atoms with Crippen LogP contribution in [0.3, 0.4) is 0 Å². The third-order valence-electron chi connectivity index (χ3n) is 7.22. The number of pyridine rings is 2. The fraction of sp³-hybridized carbons (Fsp3) is 0.182. The number of amides is 1. The molecule has 0 saturated carbocycles. The summed E-state index contributed by atoms with van der Waals surface area (Å²) in [5, 5.41) is 9.71. The Labute approximate surface area is 245 Å². The number of rotatable bonds is 8. The van der Waals surface area contributed by atoms with Gasteiger partial charge in [-0.3, -0.25) is 19.7 Å². The summed E-state index contributed by atoms with van der Waals surface area (Å²) in [6, 6.07) is 23.2. The molecule has 4 heterocycles. The molecule has 6 rings (SSSR count). The number of anilines is 3. The van der Waals surface area contributed by atoms with Crippen LogP contribution in [0.25, 0.3) is 22.5 Å². The highest BCUT2D eigenvalue weighted by molar-refractivity contribution is 6.04. The zero-order valence-electron chi connectivity index (χ0n) is 23.4. The molecule has 0 atom stereocenters. The zero-order chi connectivity index (χ0) is 28.7. The van der Waals surface area contributed by atoms with Crippen LogP contribution in [-0.2, 0) is 6.54 Å². The fourth-order valence-electron chi connectivity index (χ4n) is 4.88. The van der Waals surface area contributed by atoms with Crippen molar-refractivity contribution in [3.63, 3.8) is 0 Å². The molecule has 0 spiro atoms. The number of hydrogen-bond donors (Lipinski definition) is 3. The topological polar surface area (TPSA) is 108 Å². The fourth-order valence-corrected chi connectivity index (χ4v) is 4.88. The van der Waals surface area contributed by atoms with Gasteiger partial charge in [0.15, 0.2) is 0 Å². The summed E-state index contributed by atoms with van der Waals surface area (Å²) < 4.78 is 0. The van der Waals surface area contributed by atoms with E-state index >= 15 is 0 Å². The molecule has 0 aliphatic carbocycles. The first-order valence-corrected chi connectivity index (χ1v) is 14.0. The maximum Gasteiger partial charge on any atom is 0.255 e. The first-order valence-electron chi connectivity index (χ1n) is 14.0. The van der Waals surface area contributed by atoms with Crippen molar-refractivity contribution < 1.29 is 4.79 Å². The van der Waals surface area contributed by atoms with Crippen LogP contribution in [0.1, 0.15) is 21.5 Å². The van der Waals surface area contributed by atoms with Crippen molar-refractivity contribution in [3.05, 3.63) is 114 Å². The van der Waals surface area contributed by atoms with Crippen molar-refractivity contribution in [2.75, 3.05) is 36.8 Å². The van der Waals surface area contributed by atoms with Crippen LogP contribution in [0.2, 0.25) is 0 Å². The SMILES string of the molecule is Cc1ccc(NC(=O)c2ccc(CN3CCNCC3)cc2)cc1Nc1nccc(-c2cncc(-c3ccccn3)c2)n1. The number of carbonyl (C=O) groups excluding carboxylic acids is 1. The Morgan fingerprint density at radius 2 is 1.69 bits per heavy atom. The number of carbonyl (C=O) groups is 1. The van der Waals surface area contributed by atoms with E-state index in [1.807, 2.05) is 79.7 Å². The van der Waals surface area contributed by atoms with Gasteiger partial charge in [-0.1, -0.05) is 24.3 Å². The Morgan fingerprint density at radius 1 is 0.881 bits per heavy atom. The Balaban J connectivity index is 1.14. The quantitative estimate of drug-likeness (QED) is 0.236. The first-order chi connectivity index (χ1) is 20.6. The number of aryl methyl sites for hydroxylation is 1. The monoisotopic (exact) mass is 556 g/mol. The number of benzene rings is 2. The third kappa shape index (κ3) is 6.65. The van der Waals surface area contributed by atoms with Crippen molar-refractivity contribution in [2.45, 2.75) is 13.5 Å². The molecule has 1 aliphatic rings. The van der Waals surface area contributed by atoms with Crippen molar-refractivity contribution in [1.29, 1.82) is 0 Å². The van der Waals surface area contributed by atoms with Crippen molar-refractivity contribution in [1.82, 2.24) is 30.2 Å². The molecule has 9 heteroatoms. The lowest BCUT2D eigenvalue weighted by atomic mass is 10.1. The van der Waals surface area contributed by atoms with Gasteiger partial charge in [0.2, 0.25) is 5.95 Å². The van der Waals surface area contributed by atoms with E-state index in [0.717, 1.165) is 66.5 Å². The summed E-state index contributed by atoms with van der Waals surface area (Å²) in [6.45, 7) is 7.00. The summed E-state index contributed by atoms with van der Waals surface area (Å²) >= 11 is 0. The smallest absolute Gasteiger partial charge is 0.255 e. The molecular weight excluding hydrogens is 524 g/mol. The van der Waals surface area contributed by atoms with E-state index in [1.54, 1.807) is 24.8 Å². The molecule has 1 fully saturated rings. The highest BCUT2D eigenvalue weighted by atomic mass is 16.1. The lowest BCUT2D eigenvalue weighted by Crippen LogP contribution is -2.42. The van der Waals surface area contributed by atoms with Gasteiger partial charge in [-0.05, 0) is 66.6 Å². The summed E-state index contributed by atoms with van der Waals surface area (Å²) in [6.07, 6.45) is 7.04. The van der Waals surface area contributed by atoms with Gasteiger partial charge in [0, 0.05) is 85.6 Å². The van der Waals surface area contributed by atoms with Crippen LogP contribution in [0, 0.1) is 6.92 Å². The molecule has 2 aromatic carbocycles. The predicted molar refractivity (Wildman–Crippen MR) is 165 cm³/mol. The number of nitrogens with one attached hydrogen (secondary N) is 3. The Hall–Kier alpha value is -4.99. The Kier molecular flexibility index (Phi) is 8.21. The predicted octanol–water partition coefficient (Wildman–Crippen LogP) is 5.31. The highest BCUT2D eigenvalue weighted by Crippen LogP contribution is 2.26. The molecule has 42 heavy (non-hydrogen) atoms. The second-order valence-electron chi connectivity index (χ2n) is 10.3. The van der Waals surface area contributed by atoms with Crippen LogP contribution in [0.15, 0.2) is 97.6 Å². The van der Waals surface area contributed by atoms with Gasteiger partial charge in [0.05, 0.1) is 11.4 Å². The van der Waals surface area contributed by atoms with E-state index in [2.05, 4.69) is 35.8 Å². The molecule has 0 radical (unpaired) electrons. The van der Waals surface area contributed by atoms with E-state index in [9.17, 15) is 4.79 Å². The average molecular weight is 557 g/mol. The maximum absolute atomic E-state index is 13.0. The third-order valence-corrected chi connectivity index (χ3v) is 7.22. The van der Waals surface area contributed by atoms with Gasteiger partial charge >= 0.3 is 0 Å². The summed E-state index contributed by atoms with van der Waals surface area (Å²) in [7, 11) is 0. The summed E-state index contributed by atoms with van der Waals surface area (Å²) in [5.74, 6) is 0.291. The zero-order valence-corrected chi connectivity index (χ0v) is 23.4. The minimum atomic E-state index is -0.155. The van der Waals surface area contributed by atoms with Crippen LogP contribution >= 0.6 is 0 Å². The molecule has 1 saturated heterocycles. The summed E-state index contributed by atoms with van der Waals surface area (Å²) in [4.78, 5) is 33.4. The van der Waals surface area contributed by atoms with Crippen LogP contribution in [-0.4, -0.2) is 56.9 Å². The van der Waals surface area contributed by atoms with E-state index in [4.69, 9.17) is 4.98 Å². The normalized spacial score (nSPS) is 13.5. The Morgan fingerprint density at radius 3 is 2.48 bits per heavy atom. The van der Waals surface area contributed by atoms with Gasteiger partial charge in [0.25, 0.3) is 5.91 Å². The van der Waals surface area contributed by atoms with Gasteiger partial charge in [-0.15, -0.1) is 0 Å². The lowest BCUT2D eigenvalue weighted by Gasteiger charge is -2.27. The molecule has 9 nitrogen and oxygen atoms in total. The number of nitrogens with zero attached hydrogens (tertiary/aromatic N) is 5. The molecule has 0 unspecified atom stereocenters. The van der Waals surface area contributed by atoms with Crippen molar-refractivity contribution in [2.24, 2.45) is 0 Å². The van der Waals surface area contributed by atoms with Gasteiger partial charge in [0.1, 0.15) is 0 Å². The van der Waals surface area contributed by atoms with Gasteiger partial charge in [-0.25, -0.2) is 9.97 Å². The molecule has 3 aromatic heterocycles. The second kappa shape index (κ2) is 12.7. The van der Waals surface area contributed by atoms with Crippen LogP contribution in [0.4, 0.5) is 17.3 Å². The number of aromatic nitrogens is 4. The van der Waals surface area contributed by atoms with E-state index in [-0.39, 0.29) is 5.91 Å². The van der Waals surface area contributed by atoms with Crippen LogP contribution in [0.5, 0.6) is 0 Å². The average Bonchev–Trinajstić information content (AvgIpc) is 3.04. The first kappa shape index (κ1) is 27.2. The summed E-state index contributed by atoms with van der Waals surface area (Å²) in [5.41, 5.74) is 7.66. The molecule has 1 aliphatic heterocycles. The molecule has 0 bridgehead atoms. The van der Waals surface area contributed by atoms with Gasteiger partial charge < -0.3 is 16.0 Å². The van der Waals surface area contributed by atoms with E-state index in [1.165, 1.54) is 5.56 Å². The molecule has 5 aromatic rings. The highest BCUT2D eigenvalue weighted by Gasteiger charge is 2.12. The minimum Gasteiger partial charge on any atom is -0.324 e. The maximum atomic E-state index is 13.0. The number of hydrogen-bond acceptors (Lipinski definition) is 8. The van der Waals surface area contributed by atoms with Crippen molar-refractivity contribution >= 4 is 23.2 Å². The van der Waals surface area contributed by atoms with Crippen LogP contribution < -0.4 is 16.0 Å². The molecule has 210 valence electrons. The minimum absolute atomic E-state index is 0.155. The molecular formula is C33H32N8O. The van der Waals surface area contributed by atoms with E-state index in [0.29, 0.717) is 17.2 Å². The second-order valence-corrected chi connectivity index (χ2v) is 10.3. The lowest BCUT2D eigenvalue weighted by molar-refractivity contribution is 0.102.